The van der Waals surface area contributed by atoms with Gasteiger partial charge in [0.15, 0.2) is 0 Å². The summed E-state index contributed by atoms with van der Waals surface area (Å²) in [5.41, 5.74) is 9.68. The van der Waals surface area contributed by atoms with E-state index in [1.54, 1.807) is 0 Å². The number of hydrogen-bond donors (Lipinski definition) is 1. The summed E-state index contributed by atoms with van der Waals surface area (Å²) < 4.78 is 0. The predicted molar refractivity (Wildman–Crippen MR) is 71.6 cm³/mol. The van der Waals surface area contributed by atoms with E-state index in [9.17, 15) is 0 Å². The molecule has 0 fully saturated rings. The first kappa shape index (κ1) is 12.5. The summed E-state index contributed by atoms with van der Waals surface area (Å²) in [4.78, 5) is 4.39. The van der Waals surface area contributed by atoms with Crippen LogP contribution in [-0.2, 0) is 0 Å². The number of nitrogens with two attached hydrogens (primary N) is 1. The number of nitrogens with zero attached hydrogens (tertiary/aromatic N) is 1. The summed E-state index contributed by atoms with van der Waals surface area (Å²) in [6.45, 7) is 8.24. The van der Waals surface area contributed by atoms with E-state index in [1.807, 2.05) is 19.1 Å². The number of benzene rings is 1. The van der Waals surface area contributed by atoms with Gasteiger partial charge >= 0.3 is 0 Å². The molecule has 0 unspecified atom stereocenters. The highest BCUT2D eigenvalue weighted by Gasteiger charge is 1.99. The summed E-state index contributed by atoms with van der Waals surface area (Å²) in [7, 11) is 0. The number of aromatic nitrogens is 1. The molecule has 0 saturated carbocycles. The third-order valence-corrected chi connectivity index (χ3v) is 2.20. The van der Waals surface area contributed by atoms with E-state index in [1.165, 1.54) is 12.0 Å². The summed E-state index contributed by atoms with van der Waals surface area (Å²) in [6.07, 6.45) is 1.25. The van der Waals surface area contributed by atoms with Crippen molar-refractivity contribution in [1.82, 2.24) is 4.98 Å². The van der Waals surface area contributed by atoms with Gasteiger partial charge in [-0.05, 0) is 32.0 Å². The van der Waals surface area contributed by atoms with Crippen LogP contribution in [0.2, 0.25) is 0 Å². The largest absolute Gasteiger partial charge is 0.397 e. The Balaban J connectivity index is 0.000000386. The molecule has 0 saturated heterocycles. The minimum absolute atomic E-state index is 0.762. The third kappa shape index (κ3) is 2.96. The van der Waals surface area contributed by atoms with Crippen LogP contribution in [-0.4, -0.2) is 4.98 Å². The molecule has 2 nitrogen and oxygen atoms in total. The maximum absolute atomic E-state index is 5.77. The average molecular weight is 216 g/mol. The number of pyridine rings is 1. The van der Waals surface area contributed by atoms with Gasteiger partial charge in [-0.3, -0.25) is 4.98 Å². The maximum Gasteiger partial charge on any atom is 0.0707 e. The fraction of sp³-hybridized carbons (Fsp3) is 0.357. The van der Waals surface area contributed by atoms with Gasteiger partial charge in [-0.1, -0.05) is 31.9 Å². The second-order valence-corrected chi connectivity index (χ2v) is 4.07. The first-order valence-electron chi connectivity index (χ1n) is 5.72. The fourth-order valence-corrected chi connectivity index (χ4v) is 1.41. The van der Waals surface area contributed by atoms with Crippen LogP contribution in [0.1, 0.15) is 31.5 Å². The molecule has 0 atom stereocenters. The number of fused-ring (bicyclic) bond motifs is 1. The summed E-state index contributed by atoms with van der Waals surface area (Å²) in [5, 5.41) is 1.11. The number of hydrogen-bond acceptors (Lipinski definition) is 2. The van der Waals surface area contributed by atoms with E-state index in [0.29, 0.717) is 0 Å². The average Bonchev–Trinajstić information content (AvgIpc) is 2.21. The summed E-state index contributed by atoms with van der Waals surface area (Å²) in [5.74, 6) is 0. The highest BCUT2D eigenvalue weighted by molar-refractivity contribution is 5.82. The van der Waals surface area contributed by atoms with Crippen LogP contribution >= 0.6 is 0 Å². The van der Waals surface area contributed by atoms with Crippen molar-refractivity contribution < 1.29 is 0 Å². The SMILES string of the molecule is CCC.Cc1ccc2nc(C)c(N)cc2c1. The van der Waals surface area contributed by atoms with Crippen molar-refractivity contribution in [2.45, 2.75) is 34.1 Å². The lowest BCUT2D eigenvalue weighted by atomic mass is 10.1. The molecule has 0 bridgehead atoms. The number of rotatable bonds is 0. The van der Waals surface area contributed by atoms with Gasteiger partial charge in [-0.25, -0.2) is 0 Å². The lowest BCUT2D eigenvalue weighted by molar-refractivity contribution is 1.09. The third-order valence-electron chi connectivity index (χ3n) is 2.20. The molecule has 2 N–H and O–H groups in total. The van der Waals surface area contributed by atoms with Gasteiger partial charge in [0, 0.05) is 5.39 Å². The van der Waals surface area contributed by atoms with Crippen LogP contribution in [0.15, 0.2) is 24.3 Å². The van der Waals surface area contributed by atoms with Crippen LogP contribution in [0.4, 0.5) is 5.69 Å². The molecule has 16 heavy (non-hydrogen) atoms. The van der Waals surface area contributed by atoms with Crippen molar-refractivity contribution in [1.29, 1.82) is 0 Å². The van der Waals surface area contributed by atoms with Gasteiger partial charge in [-0.15, -0.1) is 0 Å². The van der Waals surface area contributed by atoms with Crippen molar-refractivity contribution in [3.63, 3.8) is 0 Å². The van der Waals surface area contributed by atoms with Crippen LogP contribution in [0.3, 0.4) is 0 Å². The molecule has 86 valence electrons. The highest BCUT2D eigenvalue weighted by atomic mass is 14.7. The Labute approximate surface area is 97.5 Å². The first-order valence-corrected chi connectivity index (χ1v) is 5.72. The van der Waals surface area contributed by atoms with Gasteiger partial charge in [0.05, 0.1) is 16.9 Å². The van der Waals surface area contributed by atoms with Gasteiger partial charge < -0.3 is 5.73 Å². The molecule has 0 aliphatic rings. The highest BCUT2D eigenvalue weighted by Crippen LogP contribution is 2.18. The monoisotopic (exact) mass is 216 g/mol. The van der Waals surface area contributed by atoms with E-state index in [-0.39, 0.29) is 0 Å². The van der Waals surface area contributed by atoms with Crippen LogP contribution in [0.25, 0.3) is 10.9 Å². The zero-order valence-electron chi connectivity index (χ0n) is 10.5. The molecule has 0 radical (unpaired) electrons. The lowest BCUT2D eigenvalue weighted by Gasteiger charge is -2.03. The molecule has 2 rings (SSSR count). The minimum Gasteiger partial charge on any atom is -0.397 e. The van der Waals surface area contributed by atoms with Crippen LogP contribution in [0, 0.1) is 13.8 Å². The van der Waals surface area contributed by atoms with Crippen molar-refractivity contribution >= 4 is 16.6 Å². The Morgan fingerprint density at radius 3 is 2.38 bits per heavy atom. The van der Waals surface area contributed by atoms with E-state index < -0.39 is 0 Å². The van der Waals surface area contributed by atoms with E-state index in [4.69, 9.17) is 5.73 Å². The predicted octanol–water partition coefficient (Wildman–Crippen LogP) is 3.85. The quantitative estimate of drug-likeness (QED) is 0.726. The Hall–Kier alpha value is -1.57. The molecule has 1 aromatic heterocycles. The van der Waals surface area contributed by atoms with E-state index >= 15 is 0 Å². The molecule has 0 aliphatic carbocycles. The maximum atomic E-state index is 5.77. The number of nitrogen functional groups attached to an aromatic ring is 1. The number of anilines is 1. The first-order chi connectivity index (χ1) is 7.58. The summed E-state index contributed by atoms with van der Waals surface area (Å²) >= 11 is 0. The Morgan fingerprint density at radius 1 is 1.12 bits per heavy atom. The molecule has 2 aromatic rings. The minimum atomic E-state index is 0.762. The molecule has 2 heteroatoms. The van der Waals surface area contributed by atoms with Crippen molar-refractivity contribution in [3.8, 4) is 0 Å². The van der Waals surface area contributed by atoms with Gasteiger partial charge in [0.25, 0.3) is 0 Å². The van der Waals surface area contributed by atoms with E-state index in [0.717, 1.165) is 22.3 Å². The number of aryl methyl sites for hydroxylation is 2. The van der Waals surface area contributed by atoms with Gasteiger partial charge in [-0.2, -0.15) is 0 Å². The zero-order valence-corrected chi connectivity index (χ0v) is 10.5. The second-order valence-electron chi connectivity index (χ2n) is 4.07. The van der Waals surface area contributed by atoms with Crippen LogP contribution in [0.5, 0.6) is 0 Å². The Kier molecular flexibility index (Phi) is 4.29. The summed E-state index contributed by atoms with van der Waals surface area (Å²) in [6, 6.07) is 8.16. The van der Waals surface area contributed by atoms with Gasteiger partial charge in [0.1, 0.15) is 0 Å². The molecule has 1 heterocycles. The van der Waals surface area contributed by atoms with Crippen molar-refractivity contribution in [2.75, 3.05) is 5.73 Å². The molecule has 0 spiro atoms. The molecule has 1 aromatic carbocycles. The normalized spacial score (nSPS) is 9.75. The van der Waals surface area contributed by atoms with Gasteiger partial charge in [0.2, 0.25) is 0 Å². The van der Waals surface area contributed by atoms with Crippen LogP contribution < -0.4 is 5.73 Å². The molecule has 0 aliphatic heterocycles. The van der Waals surface area contributed by atoms with E-state index in [2.05, 4.69) is 37.9 Å². The lowest BCUT2D eigenvalue weighted by Crippen LogP contribution is -1.93. The standard InChI is InChI=1S/C11H12N2.C3H8/c1-7-3-4-11-9(5-7)6-10(12)8(2)13-11;1-3-2/h3-6H,12H2,1-2H3;3H2,1-2H3. The zero-order chi connectivity index (χ0) is 12.1. The molecular formula is C14H20N2. The van der Waals surface area contributed by atoms with Crippen molar-refractivity contribution in [3.05, 3.63) is 35.5 Å². The molecular weight excluding hydrogens is 196 g/mol. The molecule has 0 amide bonds. The Morgan fingerprint density at radius 2 is 1.75 bits per heavy atom. The topological polar surface area (TPSA) is 38.9 Å². The smallest absolute Gasteiger partial charge is 0.0707 e. The van der Waals surface area contributed by atoms with Crippen molar-refractivity contribution in [2.24, 2.45) is 0 Å². The fourth-order valence-electron chi connectivity index (χ4n) is 1.41. The Bertz CT molecular complexity index is 475. The second kappa shape index (κ2) is 5.50.